The molecule has 0 radical (unpaired) electrons. The zero-order valence-electron chi connectivity index (χ0n) is 9.64. The Labute approximate surface area is 118 Å². The van der Waals surface area contributed by atoms with E-state index in [2.05, 4.69) is 0 Å². The summed E-state index contributed by atoms with van der Waals surface area (Å²) in [6.07, 6.45) is -4.33. The smallest absolute Gasteiger partial charge is 0.166 e. The minimum absolute atomic E-state index is 0.324. The van der Waals surface area contributed by atoms with Gasteiger partial charge in [-0.1, -0.05) is 29.8 Å². The highest BCUT2D eigenvalue weighted by molar-refractivity contribution is 6.33. The SMILES string of the molecule is FC(F)(F)c1ccc(-c2cc(CCl)ccc2Cl)cc1. The number of alkyl halides is 4. The van der Waals surface area contributed by atoms with Crippen LogP contribution in [0.3, 0.4) is 0 Å². The molecule has 2 rings (SSSR count). The summed E-state index contributed by atoms with van der Waals surface area (Å²) in [4.78, 5) is 0. The highest BCUT2D eigenvalue weighted by atomic mass is 35.5. The molecule has 0 unspecified atom stereocenters. The van der Waals surface area contributed by atoms with Crippen LogP contribution in [0.2, 0.25) is 5.02 Å². The van der Waals surface area contributed by atoms with Crippen LogP contribution < -0.4 is 0 Å². The monoisotopic (exact) mass is 304 g/mol. The van der Waals surface area contributed by atoms with Crippen molar-refractivity contribution in [2.24, 2.45) is 0 Å². The van der Waals surface area contributed by atoms with E-state index in [4.69, 9.17) is 23.2 Å². The lowest BCUT2D eigenvalue weighted by molar-refractivity contribution is -0.137. The normalized spacial score (nSPS) is 11.6. The first-order chi connectivity index (χ1) is 8.91. The van der Waals surface area contributed by atoms with Gasteiger partial charge in [-0.2, -0.15) is 13.2 Å². The average Bonchev–Trinajstić information content (AvgIpc) is 2.38. The molecule has 0 aliphatic heterocycles. The summed E-state index contributed by atoms with van der Waals surface area (Å²) >= 11 is 11.8. The summed E-state index contributed by atoms with van der Waals surface area (Å²) in [5.74, 6) is 0.324. The Morgan fingerprint density at radius 3 is 2.11 bits per heavy atom. The molecule has 0 saturated carbocycles. The Morgan fingerprint density at radius 1 is 0.947 bits per heavy atom. The van der Waals surface area contributed by atoms with Crippen LogP contribution in [0.4, 0.5) is 13.2 Å². The standard InChI is InChI=1S/C14H9Cl2F3/c15-8-9-1-6-13(16)12(7-9)10-2-4-11(5-3-10)14(17,18)19/h1-7H,8H2. The molecule has 0 heterocycles. The van der Waals surface area contributed by atoms with Gasteiger partial charge in [0.25, 0.3) is 0 Å². The Hall–Kier alpha value is -1.19. The van der Waals surface area contributed by atoms with E-state index in [1.807, 2.05) is 0 Å². The minimum atomic E-state index is -4.33. The molecule has 2 aromatic carbocycles. The molecule has 0 nitrogen and oxygen atoms in total. The van der Waals surface area contributed by atoms with Crippen molar-refractivity contribution in [1.82, 2.24) is 0 Å². The molecular formula is C14H9Cl2F3. The Kier molecular flexibility index (Phi) is 4.07. The molecule has 0 atom stereocenters. The molecule has 2 aromatic rings. The third kappa shape index (κ3) is 3.23. The quantitative estimate of drug-likeness (QED) is 0.618. The summed E-state index contributed by atoms with van der Waals surface area (Å²) in [6, 6.07) is 10.1. The molecule has 0 aliphatic rings. The lowest BCUT2D eigenvalue weighted by atomic mass is 10.0. The average molecular weight is 305 g/mol. The topological polar surface area (TPSA) is 0 Å². The van der Waals surface area contributed by atoms with Crippen molar-refractivity contribution in [1.29, 1.82) is 0 Å². The lowest BCUT2D eigenvalue weighted by Crippen LogP contribution is -2.04. The molecule has 0 amide bonds. The minimum Gasteiger partial charge on any atom is -0.166 e. The van der Waals surface area contributed by atoms with Gasteiger partial charge in [-0.25, -0.2) is 0 Å². The second kappa shape index (κ2) is 5.43. The van der Waals surface area contributed by atoms with Crippen molar-refractivity contribution in [3.05, 3.63) is 58.6 Å². The first kappa shape index (κ1) is 14.2. The number of hydrogen-bond acceptors (Lipinski definition) is 0. The van der Waals surface area contributed by atoms with Crippen molar-refractivity contribution in [3.63, 3.8) is 0 Å². The maximum absolute atomic E-state index is 12.5. The van der Waals surface area contributed by atoms with Crippen molar-refractivity contribution in [3.8, 4) is 11.1 Å². The van der Waals surface area contributed by atoms with Gasteiger partial charge < -0.3 is 0 Å². The molecule has 19 heavy (non-hydrogen) atoms. The van der Waals surface area contributed by atoms with E-state index in [0.29, 0.717) is 22.0 Å². The van der Waals surface area contributed by atoms with Gasteiger partial charge in [0.1, 0.15) is 0 Å². The molecule has 0 aromatic heterocycles. The fourth-order valence-electron chi connectivity index (χ4n) is 1.72. The number of hydrogen-bond donors (Lipinski definition) is 0. The Balaban J connectivity index is 2.42. The Morgan fingerprint density at radius 2 is 1.58 bits per heavy atom. The van der Waals surface area contributed by atoms with E-state index in [0.717, 1.165) is 17.7 Å². The van der Waals surface area contributed by atoms with E-state index in [-0.39, 0.29) is 0 Å². The molecule has 0 saturated heterocycles. The van der Waals surface area contributed by atoms with Crippen LogP contribution >= 0.6 is 23.2 Å². The van der Waals surface area contributed by atoms with Gasteiger partial charge in [-0.15, -0.1) is 11.6 Å². The van der Waals surface area contributed by atoms with Crippen LogP contribution in [-0.4, -0.2) is 0 Å². The van der Waals surface area contributed by atoms with Gasteiger partial charge in [0.15, 0.2) is 0 Å². The van der Waals surface area contributed by atoms with Gasteiger partial charge in [-0.05, 0) is 35.4 Å². The fourth-order valence-corrected chi connectivity index (χ4v) is 2.11. The molecular weight excluding hydrogens is 296 g/mol. The molecule has 0 bridgehead atoms. The van der Waals surface area contributed by atoms with Gasteiger partial charge >= 0.3 is 6.18 Å². The van der Waals surface area contributed by atoms with Crippen molar-refractivity contribution >= 4 is 23.2 Å². The van der Waals surface area contributed by atoms with Gasteiger partial charge in [0.2, 0.25) is 0 Å². The molecule has 5 heteroatoms. The fraction of sp³-hybridized carbons (Fsp3) is 0.143. The van der Waals surface area contributed by atoms with Gasteiger partial charge in [0.05, 0.1) is 5.56 Å². The van der Waals surface area contributed by atoms with Gasteiger partial charge in [0, 0.05) is 16.5 Å². The van der Waals surface area contributed by atoms with Crippen LogP contribution in [0.15, 0.2) is 42.5 Å². The van der Waals surface area contributed by atoms with E-state index in [1.54, 1.807) is 18.2 Å². The van der Waals surface area contributed by atoms with E-state index >= 15 is 0 Å². The van der Waals surface area contributed by atoms with Crippen LogP contribution in [0.5, 0.6) is 0 Å². The van der Waals surface area contributed by atoms with Crippen molar-refractivity contribution < 1.29 is 13.2 Å². The second-order valence-corrected chi connectivity index (χ2v) is 4.70. The van der Waals surface area contributed by atoms with E-state index < -0.39 is 11.7 Å². The summed E-state index contributed by atoms with van der Waals surface area (Å²) in [5.41, 5.74) is 1.49. The molecule has 0 aliphatic carbocycles. The summed E-state index contributed by atoms with van der Waals surface area (Å²) < 4.78 is 37.4. The number of benzene rings is 2. The number of rotatable bonds is 2. The first-order valence-electron chi connectivity index (χ1n) is 5.44. The van der Waals surface area contributed by atoms with E-state index in [9.17, 15) is 13.2 Å². The zero-order chi connectivity index (χ0) is 14.0. The molecule has 0 N–H and O–H groups in total. The maximum atomic E-state index is 12.5. The van der Waals surface area contributed by atoms with E-state index in [1.165, 1.54) is 12.1 Å². The molecule has 0 spiro atoms. The summed E-state index contributed by atoms with van der Waals surface area (Å²) in [5, 5.41) is 0.480. The van der Waals surface area contributed by atoms with Gasteiger partial charge in [-0.3, -0.25) is 0 Å². The lowest BCUT2D eigenvalue weighted by Gasteiger charge is -2.09. The van der Waals surface area contributed by atoms with Crippen LogP contribution in [0, 0.1) is 0 Å². The Bertz CT molecular complexity index is 574. The first-order valence-corrected chi connectivity index (χ1v) is 6.35. The zero-order valence-corrected chi connectivity index (χ0v) is 11.2. The largest absolute Gasteiger partial charge is 0.416 e. The summed E-state index contributed by atoms with van der Waals surface area (Å²) in [7, 11) is 0. The molecule has 0 fully saturated rings. The highest BCUT2D eigenvalue weighted by Crippen LogP contribution is 2.33. The van der Waals surface area contributed by atoms with Crippen molar-refractivity contribution in [2.75, 3.05) is 0 Å². The predicted molar refractivity (Wildman–Crippen MR) is 71.4 cm³/mol. The third-order valence-corrected chi connectivity index (χ3v) is 3.35. The third-order valence-electron chi connectivity index (χ3n) is 2.71. The highest BCUT2D eigenvalue weighted by Gasteiger charge is 2.30. The second-order valence-electron chi connectivity index (χ2n) is 4.02. The number of halogens is 5. The van der Waals surface area contributed by atoms with Crippen LogP contribution in [0.25, 0.3) is 11.1 Å². The van der Waals surface area contributed by atoms with Crippen LogP contribution in [-0.2, 0) is 12.1 Å². The maximum Gasteiger partial charge on any atom is 0.416 e. The van der Waals surface area contributed by atoms with Crippen LogP contribution in [0.1, 0.15) is 11.1 Å². The summed E-state index contributed by atoms with van der Waals surface area (Å²) in [6.45, 7) is 0. The predicted octanol–water partition coefficient (Wildman–Crippen LogP) is 5.76. The van der Waals surface area contributed by atoms with Crippen molar-refractivity contribution in [2.45, 2.75) is 12.1 Å². The molecule has 100 valence electrons.